The van der Waals surface area contributed by atoms with Gasteiger partial charge >= 0.3 is 0 Å². The van der Waals surface area contributed by atoms with Gasteiger partial charge in [0.15, 0.2) is 0 Å². The van der Waals surface area contributed by atoms with Crippen molar-refractivity contribution in [3.8, 4) is 11.3 Å². The van der Waals surface area contributed by atoms with Crippen LogP contribution in [0.4, 0.5) is 11.8 Å². The van der Waals surface area contributed by atoms with Gasteiger partial charge in [-0.2, -0.15) is 4.98 Å². The molecule has 0 amide bonds. The predicted octanol–water partition coefficient (Wildman–Crippen LogP) is 5.13. The molecule has 7 nitrogen and oxygen atoms in total. The summed E-state index contributed by atoms with van der Waals surface area (Å²) in [5.74, 6) is 3.38. The van der Waals surface area contributed by atoms with Crippen LogP contribution in [-0.2, 0) is 6.54 Å². The number of hydrogen-bond acceptors (Lipinski definition) is 7. The lowest BCUT2D eigenvalue weighted by atomic mass is 9.85. The maximum absolute atomic E-state index is 9.89. The molecule has 0 saturated heterocycles. The highest BCUT2D eigenvalue weighted by Gasteiger charge is 2.33. The van der Waals surface area contributed by atoms with E-state index in [9.17, 15) is 5.11 Å². The molecule has 0 aliphatic heterocycles. The third-order valence-electron chi connectivity index (χ3n) is 8.22. The summed E-state index contributed by atoms with van der Waals surface area (Å²) in [6.45, 7) is 3.93. The summed E-state index contributed by atoms with van der Waals surface area (Å²) in [6, 6.07) is 5.25. The van der Waals surface area contributed by atoms with Crippen molar-refractivity contribution in [2.45, 2.75) is 102 Å². The zero-order chi connectivity index (χ0) is 24.0. The lowest BCUT2D eigenvalue weighted by Crippen LogP contribution is -2.34. The van der Waals surface area contributed by atoms with Crippen LogP contribution >= 0.6 is 0 Å². The number of fused-ring (bicyclic) bond motifs is 2. The van der Waals surface area contributed by atoms with Gasteiger partial charge in [-0.05, 0) is 74.8 Å². The van der Waals surface area contributed by atoms with Gasteiger partial charge in [0.05, 0.1) is 17.4 Å². The lowest BCUT2D eigenvalue weighted by Gasteiger charge is -2.28. The molecule has 35 heavy (non-hydrogen) atoms. The number of unbranched alkanes of at least 4 members (excludes halogenated alkanes) is 1. The molecule has 7 heteroatoms. The van der Waals surface area contributed by atoms with Gasteiger partial charge in [0.2, 0.25) is 5.95 Å². The van der Waals surface area contributed by atoms with Crippen molar-refractivity contribution in [1.82, 2.24) is 20.3 Å². The first-order valence-electron chi connectivity index (χ1n) is 13.9. The van der Waals surface area contributed by atoms with Crippen LogP contribution in [0.3, 0.4) is 0 Å². The fourth-order valence-corrected chi connectivity index (χ4v) is 6.18. The largest absolute Gasteiger partial charge is 0.393 e. The van der Waals surface area contributed by atoms with E-state index < -0.39 is 0 Å². The molecule has 2 aromatic rings. The van der Waals surface area contributed by atoms with Crippen LogP contribution in [0.5, 0.6) is 0 Å². The second-order valence-electron chi connectivity index (χ2n) is 11.0. The molecule has 3 aliphatic carbocycles. The molecule has 190 valence electrons. The Bertz CT molecular complexity index is 931. The highest BCUT2D eigenvalue weighted by atomic mass is 16.3. The summed E-state index contributed by atoms with van der Waals surface area (Å²) >= 11 is 0. The average molecular weight is 479 g/mol. The van der Waals surface area contributed by atoms with Crippen molar-refractivity contribution in [3.63, 3.8) is 0 Å². The van der Waals surface area contributed by atoms with Crippen LogP contribution < -0.4 is 16.0 Å². The topological polar surface area (TPSA) is 95.0 Å². The fraction of sp³-hybridized carbons (Fsp3) is 0.679. The van der Waals surface area contributed by atoms with E-state index in [1.165, 1.54) is 37.7 Å². The van der Waals surface area contributed by atoms with Crippen LogP contribution in [0.25, 0.3) is 11.3 Å². The van der Waals surface area contributed by atoms with Crippen LogP contribution in [-0.4, -0.2) is 44.8 Å². The van der Waals surface area contributed by atoms with E-state index in [2.05, 4.69) is 40.0 Å². The molecule has 0 spiro atoms. The van der Waals surface area contributed by atoms with Crippen LogP contribution in [0, 0.1) is 11.8 Å². The second kappa shape index (κ2) is 11.7. The van der Waals surface area contributed by atoms with E-state index in [0.29, 0.717) is 18.0 Å². The number of anilines is 2. The quantitative estimate of drug-likeness (QED) is 0.352. The van der Waals surface area contributed by atoms with E-state index >= 15 is 0 Å². The summed E-state index contributed by atoms with van der Waals surface area (Å²) in [5.41, 5.74) is 3.05. The Balaban J connectivity index is 1.26. The van der Waals surface area contributed by atoms with Crippen molar-refractivity contribution in [3.05, 3.63) is 30.1 Å². The summed E-state index contributed by atoms with van der Waals surface area (Å²) in [4.78, 5) is 14.2. The minimum Gasteiger partial charge on any atom is -0.393 e. The van der Waals surface area contributed by atoms with Crippen molar-refractivity contribution in [1.29, 1.82) is 0 Å². The fourth-order valence-electron chi connectivity index (χ4n) is 6.18. The Morgan fingerprint density at radius 3 is 2.43 bits per heavy atom. The van der Waals surface area contributed by atoms with Gasteiger partial charge in [0.25, 0.3) is 0 Å². The molecule has 2 atom stereocenters. The molecule has 0 aromatic carbocycles. The Morgan fingerprint density at radius 2 is 1.71 bits per heavy atom. The van der Waals surface area contributed by atoms with Crippen LogP contribution in [0.1, 0.15) is 83.1 Å². The van der Waals surface area contributed by atoms with Crippen molar-refractivity contribution in [2.75, 3.05) is 17.2 Å². The van der Waals surface area contributed by atoms with Crippen molar-refractivity contribution >= 4 is 11.8 Å². The molecule has 4 N–H and O–H groups in total. The molecule has 5 rings (SSSR count). The third-order valence-corrected chi connectivity index (χ3v) is 8.22. The number of aliphatic hydroxyl groups excluding tert-OH is 1. The van der Waals surface area contributed by atoms with E-state index in [0.717, 1.165) is 80.5 Å². The molecular weight excluding hydrogens is 436 g/mol. The van der Waals surface area contributed by atoms with Gasteiger partial charge < -0.3 is 21.1 Å². The maximum atomic E-state index is 9.89. The first-order valence-corrected chi connectivity index (χ1v) is 13.9. The zero-order valence-electron chi connectivity index (χ0n) is 21.2. The normalized spacial score (nSPS) is 28.1. The zero-order valence-corrected chi connectivity index (χ0v) is 21.2. The van der Waals surface area contributed by atoms with Gasteiger partial charge in [-0.15, -0.1) is 0 Å². The van der Waals surface area contributed by atoms with Gasteiger partial charge in [-0.3, -0.25) is 4.98 Å². The van der Waals surface area contributed by atoms with Crippen LogP contribution in [0.2, 0.25) is 0 Å². The molecule has 2 bridgehead atoms. The smallest absolute Gasteiger partial charge is 0.224 e. The average Bonchev–Trinajstić information content (AvgIpc) is 3.22. The molecule has 3 aliphatic rings. The second-order valence-corrected chi connectivity index (χ2v) is 11.0. The number of pyridine rings is 1. The number of rotatable bonds is 10. The first-order chi connectivity index (χ1) is 17.2. The number of nitrogens with zero attached hydrogens (tertiary/aromatic N) is 3. The predicted molar refractivity (Wildman–Crippen MR) is 141 cm³/mol. The number of aromatic nitrogens is 3. The Morgan fingerprint density at radius 1 is 0.914 bits per heavy atom. The van der Waals surface area contributed by atoms with Gasteiger partial charge in [-0.1, -0.05) is 32.3 Å². The standard InChI is InChI=1S/C28H42N6O/c1-2-3-12-29-28-32-18-25(27(34-28)33-22-7-9-24(35)10-8-22)26-11-6-21(17-31-26)16-30-23-14-19-4-5-20(13-19)15-23/h6,11,17-20,22-24,30,35H,2-5,7-10,12-16H2,1H3,(H2,29,32,33,34). The van der Waals surface area contributed by atoms with E-state index in [-0.39, 0.29) is 6.10 Å². The molecule has 3 saturated carbocycles. The van der Waals surface area contributed by atoms with E-state index in [1.54, 1.807) is 0 Å². The minimum atomic E-state index is -0.171. The Kier molecular flexibility index (Phi) is 8.14. The number of aliphatic hydroxyl groups is 1. The first kappa shape index (κ1) is 24.4. The molecule has 0 radical (unpaired) electrons. The molecule has 2 aromatic heterocycles. The molecule has 2 unspecified atom stereocenters. The number of hydrogen-bond donors (Lipinski definition) is 4. The molecule has 2 heterocycles. The lowest BCUT2D eigenvalue weighted by molar-refractivity contribution is 0.126. The molecular formula is C28H42N6O. The Hall–Kier alpha value is -2.25. The van der Waals surface area contributed by atoms with Gasteiger partial charge in [0.1, 0.15) is 5.82 Å². The monoisotopic (exact) mass is 478 g/mol. The summed E-state index contributed by atoms with van der Waals surface area (Å²) in [6.07, 6.45) is 16.5. The van der Waals surface area contributed by atoms with Crippen LogP contribution in [0.15, 0.2) is 24.5 Å². The van der Waals surface area contributed by atoms with E-state index in [1.807, 2.05) is 12.4 Å². The van der Waals surface area contributed by atoms with Crippen molar-refractivity contribution in [2.24, 2.45) is 11.8 Å². The SMILES string of the molecule is CCCCNc1ncc(-c2ccc(CNC3CC4CCC(C4)C3)cn2)c(NC2CCC(O)CC2)n1. The van der Waals surface area contributed by atoms with Gasteiger partial charge in [0, 0.05) is 37.6 Å². The number of nitrogens with one attached hydrogen (secondary N) is 3. The highest BCUT2D eigenvalue weighted by Crippen LogP contribution is 2.42. The third kappa shape index (κ3) is 6.50. The maximum Gasteiger partial charge on any atom is 0.224 e. The summed E-state index contributed by atoms with van der Waals surface area (Å²) in [7, 11) is 0. The van der Waals surface area contributed by atoms with E-state index in [4.69, 9.17) is 9.97 Å². The van der Waals surface area contributed by atoms with Gasteiger partial charge in [-0.25, -0.2) is 4.98 Å². The minimum absolute atomic E-state index is 0.171. The summed E-state index contributed by atoms with van der Waals surface area (Å²) in [5, 5.41) is 20.7. The molecule has 3 fully saturated rings. The summed E-state index contributed by atoms with van der Waals surface area (Å²) < 4.78 is 0. The Labute approximate surface area is 210 Å². The highest BCUT2D eigenvalue weighted by molar-refractivity contribution is 5.73. The van der Waals surface area contributed by atoms with Crippen molar-refractivity contribution < 1.29 is 5.11 Å².